The van der Waals surface area contributed by atoms with Crippen LogP contribution < -0.4 is 4.74 Å². The van der Waals surface area contributed by atoms with Crippen LogP contribution in [0.5, 0.6) is 5.75 Å². The number of aliphatic hydroxyl groups excluding tert-OH is 1. The molecule has 1 atom stereocenters. The minimum absolute atomic E-state index is 0.568. The van der Waals surface area contributed by atoms with Crippen molar-refractivity contribution in [3.63, 3.8) is 0 Å². The Kier molecular flexibility index (Phi) is 3.17. The summed E-state index contributed by atoms with van der Waals surface area (Å²) < 4.78 is 5.66. The van der Waals surface area contributed by atoms with Gasteiger partial charge in [-0.25, -0.2) is 0 Å². The highest BCUT2D eigenvalue weighted by atomic mass is 35.5. The quantitative estimate of drug-likeness (QED) is 0.855. The van der Waals surface area contributed by atoms with Crippen molar-refractivity contribution in [2.45, 2.75) is 25.9 Å². The van der Waals surface area contributed by atoms with E-state index in [1.165, 1.54) is 12.8 Å². The Labute approximate surface area is 94.8 Å². The maximum absolute atomic E-state index is 9.60. The molecule has 82 valence electrons. The SMILES string of the molecule is CC(O)c1c(Cl)cccc1OCC1CC1. The fourth-order valence-electron chi connectivity index (χ4n) is 1.54. The van der Waals surface area contributed by atoms with Crippen LogP contribution in [0, 0.1) is 5.92 Å². The molecular formula is C12H15ClO2. The Balaban J connectivity index is 2.15. The Bertz CT molecular complexity index is 345. The van der Waals surface area contributed by atoms with E-state index in [-0.39, 0.29) is 0 Å². The lowest BCUT2D eigenvalue weighted by Gasteiger charge is -2.14. The second-order valence-electron chi connectivity index (χ2n) is 4.08. The van der Waals surface area contributed by atoms with Crippen molar-refractivity contribution < 1.29 is 9.84 Å². The van der Waals surface area contributed by atoms with Crippen molar-refractivity contribution in [3.05, 3.63) is 28.8 Å². The molecule has 0 heterocycles. The first kappa shape index (κ1) is 10.8. The van der Waals surface area contributed by atoms with Gasteiger partial charge in [0.25, 0.3) is 0 Å². The molecule has 0 aliphatic heterocycles. The summed E-state index contributed by atoms with van der Waals surface area (Å²) in [5, 5.41) is 10.2. The lowest BCUT2D eigenvalue weighted by molar-refractivity contribution is 0.190. The van der Waals surface area contributed by atoms with Gasteiger partial charge in [0.1, 0.15) is 5.75 Å². The maximum atomic E-state index is 9.60. The van der Waals surface area contributed by atoms with E-state index in [0.717, 1.165) is 6.61 Å². The van der Waals surface area contributed by atoms with Crippen LogP contribution in [-0.4, -0.2) is 11.7 Å². The Morgan fingerprint density at radius 1 is 1.53 bits per heavy atom. The summed E-state index contributed by atoms with van der Waals surface area (Å²) in [7, 11) is 0. The van der Waals surface area contributed by atoms with Gasteiger partial charge in [0.05, 0.1) is 17.7 Å². The summed E-state index contributed by atoms with van der Waals surface area (Å²) in [5.74, 6) is 1.41. The molecule has 0 bridgehead atoms. The predicted octanol–water partition coefficient (Wildman–Crippen LogP) is 3.18. The molecule has 0 spiro atoms. The first-order chi connectivity index (χ1) is 7.18. The second kappa shape index (κ2) is 4.42. The molecule has 2 rings (SSSR count). The molecule has 0 aromatic heterocycles. The van der Waals surface area contributed by atoms with Crippen molar-refractivity contribution in [2.24, 2.45) is 5.92 Å². The third-order valence-electron chi connectivity index (χ3n) is 2.60. The van der Waals surface area contributed by atoms with E-state index < -0.39 is 6.10 Å². The molecule has 1 aliphatic carbocycles. The number of ether oxygens (including phenoxy) is 1. The van der Waals surface area contributed by atoms with Gasteiger partial charge in [0.15, 0.2) is 0 Å². The van der Waals surface area contributed by atoms with E-state index in [0.29, 0.717) is 22.3 Å². The number of hydrogen-bond acceptors (Lipinski definition) is 2. The number of rotatable bonds is 4. The van der Waals surface area contributed by atoms with Gasteiger partial charge in [-0.05, 0) is 37.8 Å². The molecule has 0 saturated heterocycles. The van der Waals surface area contributed by atoms with Gasteiger partial charge < -0.3 is 9.84 Å². The number of benzene rings is 1. The molecule has 3 heteroatoms. The Morgan fingerprint density at radius 2 is 2.27 bits per heavy atom. The van der Waals surface area contributed by atoms with Gasteiger partial charge in [-0.15, -0.1) is 0 Å². The second-order valence-corrected chi connectivity index (χ2v) is 4.49. The first-order valence-corrected chi connectivity index (χ1v) is 5.65. The van der Waals surface area contributed by atoms with Crippen molar-refractivity contribution in [3.8, 4) is 5.75 Å². The van der Waals surface area contributed by atoms with Crippen molar-refractivity contribution >= 4 is 11.6 Å². The fraction of sp³-hybridized carbons (Fsp3) is 0.500. The van der Waals surface area contributed by atoms with Gasteiger partial charge in [-0.1, -0.05) is 17.7 Å². The summed E-state index contributed by atoms with van der Waals surface area (Å²) in [6.07, 6.45) is 1.92. The van der Waals surface area contributed by atoms with Crippen LogP contribution in [0.25, 0.3) is 0 Å². The largest absolute Gasteiger partial charge is 0.493 e. The minimum atomic E-state index is -0.590. The molecule has 0 amide bonds. The van der Waals surface area contributed by atoms with Gasteiger partial charge >= 0.3 is 0 Å². The number of hydrogen-bond donors (Lipinski definition) is 1. The summed E-state index contributed by atoms with van der Waals surface area (Å²) in [5.41, 5.74) is 0.694. The molecule has 1 aliphatic rings. The lowest BCUT2D eigenvalue weighted by atomic mass is 10.1. The highest BCUT2D eigenvalue weighted by molar-refractivity contribution is 6.31. The Morgan fingerprint density at radius 3 is 2.87 bits per heavy atom. The normalized spacial score (nSPS) is 17.5. The average Bonchev–Trinajstić information content (AvgIpc) is 2.97. The zero-order valence-corrected chi connectivity index (χ0v) is 9.50. The Hall–Kier alpha value is -0.730. The zero-order chi connectivity index (χ0) is 10.8. The molecule has 1 saturated carbocycles. The molecule has 1 unspecified atom stereocenters. The van der Waals surface area contributed by atoms with Gasteiger partial charge in [0.2, 0.25) is 0 Å². The van der Waals surface area contributed by atoms with Crippen LogP contribution in [0.15, 0.2) is 18.2 Å². The average molecular weight is 227 g/mol. The fourth-order valence-corrected chi connectivity index (χ4v) is 1.86. The third kappa shape index (κ3) is 2.64. The van der Waals surface area contributed by atoms with Crippen LogP contribution in [0.3, 0.4) is 0 Å². The molecular weight excluding hydrogens is 212 g/mol. The van der Waals surface area contributed by atoms with Crippen molar-refractivity contribution in [1.29, 1.82) is 0 Å². The summed E-state index contributed by atoms with van der Waals surface area (Å²) in [6, 6.07) is 5.47. The van der Waals surface area contributed by atoms with E-state index in [1.54, 1.807) is 13.0 Å². The molecule has 0 radical (unpaired) electrons. The molecule has 1 fully saturated rings. The number of halogens is 1. The van der Waals surface area contributed by atoms with Crippen molar-refractivity contribution in [1.82, 2.24) is 0 Å². The maximum Gasteiger partial charge on any atom is 0.126 e. The zero-order valence-electron chi connectivity index (χ0n) is 8.74. The molecule has 15 heavy (non-hydrogen) atoms. The van der Waals surface area contributed by atoms with E-state index in [1.807, 2.05) is 12.1 Å². The van der Waals surface area contributed by atoms with Crippen LogP contribution in [0.1, 0.15) is 31.4 Å². The smallest absolute Gasteiger partial charge is 0.126 e. The minimum Gasteiger partial charge on any atom is -0.493 e. The van der Waals surface area contributed by atoms with Gasteiger partial charge in [-0.3, -0.25) is 0 Å². The summed E-state index contributed by atoms with van der Waals surface area (Å²) in [6.45, 7) is 2.44. The topological polar surface area (TPSA) is 29.5 Å². The van der Waals surface area contributed by atoms with Crippen LogP contribution in [0.2, 0.25) is 5.02 Å². The third-order valence-corrected chi connectivity index (χ3v) is 2.93. The van der Waals surface area contributed by atoms with E-state index in [9.17, 15) is 5.11 Å². The van der Waals surface area contributed by atoms with E-state index in [4.69, 9.17) is 16.3 Å². The summed E-state index contributed by atoms with van der Waals surface area (Å²) in [4.78, 5) is 0. The van der Waals surface area contributed by atoms with Gasteiger partial charge in [-0.2, -0.15) is 0 Å². The highest BCUT2D eigenvalue weighted by Gasteiger charge is 2.23. The lowest BCUT2D eigenvalue weighted by Crippen LogP contribution is -2.04. The van der Waals surface area contributed by atoms with E-state index in [2.05, 4.69) is 0 Å². The first-order valence-electron chi connectivity index (χ1n) is 5.27. The molecule has 1 N–H and O–H groups in total. The molecule has 2 nitrogen and oxygen atoms in total. The molecule has 1 aromatic rings. The van der Waals surface area contributed by atoms with Gasteiger partial charge in [0, 0.05) is 5.56 Å². The van der Waals surface area contributed by atoms with Crippen LogP contribution in [-0.2, 0) is 0 Å². The standard InChI is InChI=1S/C12H15ClO2/c1-8(14)12-10(13)3-2-4-11(12)15-7-9-5-6-9/h2-4,8-9,14H,5-7H2,1H3. The molecule has 1 aromatic carbocycles. The van der Waals surface area contributed by atoms with Crippen LogP contribution >= 0.6 is 11.6 Å². The predicted molar refractivity (Wildman–Crippen MR) is 60.3 cm³/mol. The summed E-state index contributed by atoms with van der Waals surface area (Å²) >= 11 is 6.02. The highest BCUT2D eigenvalue weighted by Crippen LogP contribution is 2.34. The number of aliphatic hydroxyl groups is 1. The van der Waals surface area contributed by atoms with Crippen molar-refractivity contribution in [2.75, 3.05) is 6.61 Å². The monoisotopic (exact) mass is 226 g/mol. The van der Waals surface area contributed by atoms with E-state index >= 15 is 0 Å². The van der Waals surface area contributed by atoms with Crippen LogP contribution in [0.4, 0.5) is 0 Å².